The fraction of sp³-hybridized carbons (Fsp3) is 0.158. The molecule has 0 saturated carbocycles. The lowest BCUT2D eigenvalue weighted by atomic mass is 10.2. The van der Waals surface area contributed by atoms with Crippen LogP contribution in [0.15, 0.2) is 53.1 Å². The molecule has 26 heavy (non-hydrogen) atoms. The molecule has 0 atom stereocenters. The van der Waals surface area contributed by atoms with E-state index in [0.717, 1.165) is 9.75 Å². The summed E-state index contributed by atoms with van der Waals surface area (Å²) in [6.45, 7) is 4.22. The number of carbonyl (C=O) groups excluding carboxylic acids is 2. The second-order valence-electron chi connectivity index (χ2n) is 5.75. The summed E-state index contributed by atoms with van der Waals surface area (Å²) >= 11 is 1.60. The van der Waals surface area contributed by atoms with Crippen molar-refractivity contribution in [1.29, 1.82) is 0 Å². The Morgan fingerprint density at radius 2 is 1.73 bits per heavy atom. The number of benzene rings is 1. The van der Waals surface area contributed by atoms with E-state index in [0.29, 0.717) is 29.2 Å². The molecule has 0 bridgehead atoms. The lowest BCUT2D eigenvalue weighted by Crippen LogP contribution is -2.27. The van der Waals surface area contributed by atoms with Crippen molar-refractivity contribution in [2.24, 2.45) is 0 Å². The number of carbonyl (C=O) groups is 2. The van der Waals surface area contributed by atoms with Gasteiger partial charge in [0.1, 0.15) is 5.76 Å². The number of furan rings is 1. The van der Waals surface area contributed by atoms with Crippen molar-refractivity contribution >= 4 is 34.6 Å². The minimum absolute atomic E-state index is 0.135. The highest BCUT2D eigenvalue weighted by molar-refractivity contribution is 7.12. The summed E-state index contributed by atoms with van der Waals surface area (Å²) in [7, 11) is 0. The van der Waals surface area contributed by atoms with Crippen LogP contribution in [0.3, 0.4) is 0 Å². The van der Waals surface area contributed by atoms with Gasteiger partial charge in [-0.25, -0.2) is 4.79 Å². The zero-order chi connectivity index (χ0) is 18.5. The number of nitrogens with one attached hydrogen (secondary N) is 3. The Labute approximate surface area is 155 Å². The number of hydrogen-bond donors (Lipinski definition) is 3. The molecule has 0 fully saturated rings. The fourth-order valence-electron chi connectivity index (χ4n) is 2.45. The largest absolute Gasteiger partial charge is 0.467 e. The molecule has 0 radical (unpaired) electrons. The monoisotopic (exact) mass is 369 g/mol. The molecule has 0 aliphatic rings. The maximum Gasteiger partial charge on any atom is 0.319 e. The van der Waals surface area contributed by atoms with Gasteiger partial charge in [0.25, 0.3) is 5.91 Å². The van der Waals surface area contributed by atoms with Crippen LogP contribution in [0.1, 0.15) is 25.9 Å². The van der Waals surface area contributed by atoms with Crippen LogP contribution < -0.4 is 16.0 Å². The van der Waals surface area contributed by atoms with Gasteiger partial charge in [0, 0.05) is 21.1 Å². The Hall–Kier alpha value is -3.06. The van der Waals surface area contributed by atoms with Crippen LogP contribution in [-0.4, -0.2) is 11.9 Å². The highest BCUT2D eigenvalue weighted by Gasteiger charge is 2.12. The predicted molar refractivity (Wildman–Crippen MR) is 103 cm³/mol. The minimum Gasteiger partial charge on any atom is -0.467 e. The fourth-order valence-corrected chi connectivity index (χ4v) is 3.37. The molecule has 2 aromatic heterocycles. The van der Waals surface area contributed by atoms with Crippen molar-refractivity contribution in [2.75, 3.05) is 10.6 Å². The SMILES string of the molecule is Cc1cc(C(=O)Nc2ccc(NC(=O)NCc3ccco3)cc2)c(C)s1. The quantitative estimate of drug-likeness (QED) is 0.618. The smallest absolute Gasteiger partial charge is 0.319 e. The van der Waals surface area contributed by atoms with Crippen molar-refractivity contribution in [2.45, 2.75) is 20.4 Å². The Bertz CT molecular complexity index is 899. The van der Waals surface area contributed by atoms with E-state index in [1.54, 1.807) is 54.0 Å². The first-order chi connectivity index (χ1) is 12.5. The molecule has 3 N–H and O–H groups in total. The summed E-state index contributed by atoms with van der Waals surface area (Å²) in [6, 6.07) is 12.1. The zero-order valence-electron chi connectivity index (χ0n) is 14.5. The molecule has 0 saturated heterocycles. The first kappa shape index (κ1) is 17.8. The molecule has 6 nitrogen and oxygen atoms in total. The van der Waals surface area contributed by atoms with Gasteiger partial charge in [0.2, 0.25) is 0 Å². The molecule has 3 amide bonds. The molecule has 0 aliphatic heterocycles. The lowest BCUT2D eigenvalue weighted by molar-refractivity contribution is 0.102. The average Bonchev–Trinajstić information content (AvgIpc) is 3.24. The van der Waals surface area contributed by atoms with Crippen molar-refractivity contribution in [3.8, 4) is 0 Å². The number of amides is 3. The molecular weight excluding hydrogens is 350 g/mol. The highest BCUT2D eigenvalue weighted by Crippen LogP contribution is 2.22. The van der Waals surface area contributed by atoms with Gasteiger partial charge < -0.3 is 20.4 Å². The van der Waals surface area contributed by atoms with E-state index < -0.39 is 0 Å². The third-order valence-corrected chi connectivity index (χ3v) is 4.66. The van der Waals surface area contributed by atoms with E-state index in [-0.39, 0.29) is 11.9 Å². The van der Waals surface area contributed by atoms with Crippen LogP contribution >= 0.6 is 11.3 Å². The first-order valence-electron chi connectivity index (χ1n) is 8.07. The van der Waals surface area contributed by atoms with Crippen LogP contribution in [0.25, 0.3) is 0 Å². The second kappa shape index (κ2) is 7.88. The molecule has 0 spiro atoms. The van der Waals surface area contributed by atoms with Crippen LogP contribution in [0, 0.1) is 13.8 Å². The van der Waals surface area contributed by atoms with Crippen LogP contribution in [0.4, 0.5) is 16.2 Å². The zero-order valence-corrected chi connectivity index (χ0v) is 15.3. The van der Waals surface area contributed by atoms with Crippen LogP contribution in [0.2, 0.25) is 0 Å². The number of anilines is 2. The summed E-state index contributed by atoms with van der Waals surface area (Å²) in [5.41, 5.74) is 1.98. The molecule has 2 heterocycles. The van der Waals surface area contributed by atoms with Gasteiger partial charge in [-0.05, 0) is 56.3 Å². The van der Waals surface area contributed by atoms with E-state index in [1.807, 2.05) is 19.9 Å². The summed E-state index contributed by atoms with van der Waals surface area (Å²) < 4.78 is 5.15. The van der Waals surface area contributed by atoms with Crippen LogP contribution in [0.5, 0.6) is 0 Å². The summed E-state index contributed by atoms with van der Waals surface area (Å²) in [6.07, 6.45) is 1.56. The summed E-state index contributed by atoms with van der Waals surface area (Å²) in [4.78, 5) is 26.3. The molecule has 0 unspecified atom stereocenters. The summed E-state index contributed by atoms with van der Waals surface area (Å²) in [5.74, 6) is 0.543. The lowest BCUT2D eigenvalue weighted by Gasteiger charge is -2.08. The topological polar surface area (TPSA) is 83.4 Å². The Kier molecular flexibility index (Phi) is 5.38. The minimum atomic E-state index is -0.331. The Morgan fingerprint density at radius 3 is 2.31 bits per heavy atom. The van der Waals surface area contributed by atoms with Crippen molar-refractivity contribution in [1.82, 2.24) is 5.32 Å². The molecule has 0 aliphatic carbocycles. The van der Waals surface area contributed by atoms with Crippen molar-refractivity contribution < 1.29 is 14.0 Å². The van der Waals surface area contributed by atoms with Gasteiger partial charge in [-0.15, -0.1) is 11.3 Å². The Morgan fingerprint density at radius 1 is 1.04 bits per heavy atom. The number of aryl methyl sites for hydroxylation is 2. The third-order valence-electron chi connectivity index (χ3n) is 3.69. The van der Waals surface area contributed by atoms with Gasteiger partial charge in [-0.3, -0.25) is 4.79 Å². The first-order valence-corrected chi connectivity index (χ1v) is 8.88. The molecular formula is C19H19N3O3S. The van der Waals surface area contributed by atoms with Gasteiger partial charge >= 0.3 is 6.03 Å². The average molecular weight is 369 g/mol. The van der Waals surface area contributed by atoms with Gasteiger partial charge in [0.15, 0.2) is 0 Å². The molecule has 7 heteroatoms. The van der Waals surface area contributed by atoms with E-state index in [9.17, 15) is 9.59 Å². The van der Waals surface area contributed by atoms with E-state index in [2.05, 4.69) is 16.0 Å². The molecule has 1 aromatic carbocycles. The predicted octanol–water partition coefficient (Wildman–Crippen LogP) is 4.53. The molecule has 3 aromatic rings. The standard InChI is InChI=1S/C19H19N3O3S/c1-12-10-17(13(2)26-12)18(23)21-14-5-7-15(8-6-14)22-19(24)20-11-16-4-3-9-25-16/h3-10H,11H2,1-2H3,(H,21,23)(H2,20,22,24). The second-order valence-corrected chi connectivity index (χ2v) is 7.21. The van der Waals surface area contributed by atoms with Crippen molar-refractivity contribution in [3.05, 3.63) is 69.8 Å². The summed E-state index contributed by atoms with van der Waals surface area (Å²) in [5, 5.41) is 8.29. The van der Waals surface area contributed by atoms with Gasteiger partial charge in [-0.1, -0.05) is 0 Å². The maximum atomic E-state index is 12.3. The number of thiophene rings is 1. The van der Waals surface area contributed by atoms with E-state index in [4.69, 9.17) is 4.42 Å². The number of hydrogen-bond acceptors (Lipinski definition) is 4. The van der Waals surface area contributed by atoms with Crippen molar-refractivity contribution in [3.63, 3.8) is 0 Å². The Balaban J connectivity index is 1.53. The third kappa shape index (κ3) is 4.52. The molecule has 3 rings (SSSR count). The van der Waals surface area contributed by atoms with Crippen LogP contribution in [-0.2, 0) is 6.54 Å². The number of urea groups is 1. The van der Waals surface area contributed by atoms with Gasteiger partial charge in [-0.2, -0.15) is 0 Å². The molecule has 134 valence electrons. The van der Waals surface area contributed by atoms with Gasteiger partial charge in [0.05, 0.1) is 18.4 Å². The maximum absolute atomic E-state index is 12.3. The number of rotatable bonds is 5. The normalized spacial score (nSPS) is 10.4. The van der Waals surface area contributed by atoms with E-state index >= 15 is 0 Å². The van der Waals surface area contributed by atoms with E-state index in [1.165, 1.54) is 0 Å². The highest BCUT2D eigenvalue weighted by atomic mass is 32.1.